The van der Waals surface area contributed by atoms with E-state index in [2.05, 4.69) is 67.0 Å². The summed E-state index contributed by atoms with van der Waals surface area (Å²) in [6.07, 6.45) is 53.0. The van der Waals surface area contributed by atoms with Crippen LogP contribution in [0.3, 0.4) is 0 Å². The second kappa shape index (κ2) is 43.6. The normalized spacial score (nSPS) is 13.7. The maximum Gasteiger partial charge on any atom is 0.472 e. The van der Waals surface area contributed by atoms with Crippen molar-refractivity contribution in [1.82, 2.24) is 0 Å². The summed E-state index contributed by atoms with van der Waals surface area (Å²) in [6, 6.07) is 0. The van der Waals surface area contributed by atoms with Gasteiger partial charge in [-0.1, -0.05) is 204 Å². The molecule has 0 rings (SSSR count). The van der Waals surface area contributed by atoms with Gasteiger partial charge in [0.25, 0.3) is 0 Å². The number of allylic oxidation sites excluding steroid dienone is 8. The van der Waals surface area contributed by atoms with Crippen molar-refractivity contribution < 1.29 is 37.6 Å². The number of phosphoric acid groups is 1. The minimum Gasteiger partial charge on any atom is -0.462 e. The zero-order chi connectivity index (χ0) is 41.8. The van der Waals surface area contributed by atoms with Gasteiger partial charge >= 0.3 is 19.8 Å². The van der Waals surface area contributed by atoms with Gasteiger partial charge in [-0.05, 0) is 51.4 Å². The molecule has 8 nitrogen and oxygen atoms in total. The van der Waals surface area contributed by atoms with E-state index >= 15 is 0 Å². The minimum atomic E-state index is -4.27. The summed E-state index contributed by atoms with van der Waals surface area (Å²) in [4.78, 5) is 34.6. The third-order valence-electron chi connectivity index (χ3n) is 10.1. The predicted octanol–water partition coefficient (Wildman–Crippen LogP) is 15.0. The highest BCUT2D eigenvalue weighted by Gasteiger charge is 2.24. The first-order valence-electron chi connectivity index (χ1n) is 23.3. The highest BCUT2D eigenvalue weighted by atomic mass is 31.2. The van der Waals surface area contributed by atoms with E-state index in [-0.39, 0.29) is 19.0 Å². The molecule has 0 spiro atoms. The van der Waals surface area contributed by atoms with Crippen molar-refractivity contribution in [1.29, 1.82) is 0 Å². The molecule has 0 aromatic carbocycles. The molecule has 1 N–H and O–H groups in total. The summed E-state index contributed by atoms with van der Waals surface area (Å²) in [5.41, 5.74) is 0. The molecule has 0 saturated carbocycles. The van der Waals surface area contributed by atoms with E-state index in [9.17, 15) is 19.0 Å². The zero-order valence-electron chi connectivity index (χ0n) is 37.0. The number of esters is 2. The molecule has 0 saturated heterocycles. The van der Waals surface area contributed by atoms with Crippen LogP contribution in [0, 0.1) is 0 Å². The Labute approximate surface area is 350 Å². The molecule has 0 aromatic rings. The standard InChI is InChI=1S/C48H87O8P/c1-4-6-8-10-12-14-16-18-20-22-23-24-25-27-29-31-33-35-37-39-41-43-48(50)56-46(45-55-57(51,52)53-3)44-54-47(49)42-40-38-36-34-32-30-28-26-21-19-17-15-13-11-9-7-5-2/h6,8,12,14,18,20,23-24,46H,4-5,7,9-11,13,15-17,19,21-22,25-45H2,1-3H3,(H,51,52)/b8-6-,14-12-,20-18-,24-23-. The SMILES string of the molecule is CC/C=C\C/C=C\C/C=C\C/C=C\CCCCCCCCCCC(=O)OC(COC(=O)CCCCCCCCCCCCCCCCCCC)COP(=O)(O)OC. The van der Waals surface area contributed by atoms with Gasteiger partial charge in [-0.2, -0.15) is 0 Å². The van der Waals surface area contributed by atoms with E-state index in [0.717, 1.165) is 77.7 Å². The Morgan fingerprint density at radius 1 is 0.509 bits per heavy atom. The van der Waals surface area contributed by atoms with Crippen molar-refractivity contribution in [2.24, 2.45) is 0 Å². The lowest BCUT2D eigenvalue weighted by atomic mass is 10.0. The molecule has 0 aliphatic heterocycles. The quantitative estimate of drug-likeness (QED) is 0.0280. The summed E-state index contributed by atoms with van der Waals surface area (Å²) in [6.45, 7) is 3.79. The number of ether oxygens (including phenoxy) is 2. The van der Waals surface area contributed by atoms with E-state index in [1.807, 2.05) is 0 Å². The van der Waals surface area contributed by atoms with Gasteiger partial charge in [0.05, 0.1) is 6.61 Å². The second-order valence-corrected chi connectivity index (χ2v) is 17.1. The first-order valence-corrected chi connectivity index (χ1v) is 24.8. The van der Waals surface area contributed by atoms with Crippen LogP contribution in [-0.2, 0) is 32.7 Å². The van der Waals surface area contributed by atoms with Crippen LogP contribution in [0.25, 0.3) is 0 Å². The van der Waals surface area contributed by atoms with Crippen LogP contribution < -0.4 is 0 Å². The summed E-state index contributed by atoms with van der Waals surface area (Å²) in [5, 5.41) is 0. The van der Waals surface area contributed by atoms with Crippen molar-refractivity contribution in [2.45, 2.75) is 225 Å². The number of carbonyl (C=O) groups is 2. The number of phosphoric ester groups is 1. The van der Waals surface area contributed by atoms with Crippen molar-refractivity contribution in [3.63, 3.8) is 0 Å². The lowest BCUT2D eigenvalue weighted by Crippen LogP contribution is -2.29. The fourth-order valence-electron chi connectivity index (χ4n) is 6.53. The molecule has 0 aromatic heterocycles. The van der Waals surface area contributed by atoms with Gasteiger partial charge in [-0.25, -0.2) is 4.57 Å². The average molecular weight is 823 g/mol. The third kappa shape index (κ3) is 43.4. The maximum absolute atomic E-state index is 12.5. The van der Waals surface area contributed by atoms with Gasteiger partial charge in [0.2, 0.25) is 0 Å². The number of hydrogen-bond acceptors (Lipinski definition) is 7. The van der Waals surface area contributed by atoms with E-state index in [4.69, 9.17) is 14.0 Å². The molecular formula is C48H87O8P. The largest absolute Gasteiger partial charge is 0.472 e. The zero-order valence-corrected chi connectivity index (χ0v) is 37.9. The summed E-state index contributed by atoms with van der Waals surface area (Å²) in [7, 11) is -3.20. The topological polar surface area (TPSA) is 108 Å². The average Bonchev–Trinajstić information content (AvgIpc) is 3.20. The molecule has 2 atom stereocenters. The monoisotopic (exact) mass is 823 g/mol. The van der Waals surface area contributed by atoms with Crippen LogP contribution in [-0.4, -0.2) is 43.3 Å². The summed E-state index contributed by atoms with van der Waals surface area (Å²) >= 11 is 0. The highest BCUT2D eigenvalue weighted by molar-refractivity contribution is 7.47. The Bertz CT molecular complexity index is 1070. The van der Waals surface area contributed by atoms with Crippen molar-refractivity contribution in [3.05, 3.63) is 48.6 Å². The molecule has 0 aliphatic rings. The Morgan fingerprint density at radius 2 is 0.895 bits per heavy atom. The second-order valence-electron chi connectivity index (χ2n) is 15.5. The van der Waals surface area contributed by atoms with Gasteiger partial charge in [-0.3, -0.25) is 18.6 Å². The van der Waals surface area contributed by atoms with Gasteiger partial charge < -0.3 is 14.4 Å². The van der Waals surface area contributed by atoms with Gasteiger partial charge in [0.1, 0.15) is 6.61 Å². The predicted molar refractivity (Wildman–Crippen MR) is 239 cm³/mol. The molecule has 0 fully saturated rings. The van der Waals surface area contributed by atoms with E-state index in [1.54, 1.807) is 0 Å². The summed E-state index contributed by atoms with van der Waals surface area (Å²) < 4.78 is 32.1. The molecule has 9 heteroatoms. The molecule has 2 unspecified atom stereocenters. The van der Waals surface area contributed by atoms with E-state index in [0.29, 0.717) is 12.8 Å². The van der Waals surface area contributed by atoms with E-state index in [1.165, 1.54) is 116 Å². The number of carbonyl (C=O) groups excluding carboxylic acids is 2. The Balaban J connectivity index is 3.95. The Morgan fingerprint density at radius 3 is 1.33 bits per heavy atom. The summed E-state index contributed by atoms with van der Waals surface area (Å²) in [5.74, 6) is -0.806. The smallest absolute Gasteiger partial charge is 0.462 e. The third-order valence-corrected chi connectivity index (χ3v) is 11.0. The number of rotatable bonds is 43. The Kier molecular flexibility index (Phi) is 42.1. The van der Waals surface area contributed by atoms with Crippen LogP contribution >= 0.6 is 7.82 Å². The van der Waals surface area contributed by atoms with Crippen LogP contribution in [0.2, 0.25) is 0 Å². The molecule has 0 heterocycles. The molecule has 0 amide bonds. The molecular weight excluding hydrogens is 735 g/mol. The van der Waals surface area contributed by atoms with Crippen molar-refractivity contribution in [3.8, 4) is 0 Å². The maximum atomic E-state index is 12.5. The molecule has 332 valence electrons. The lowest BCUT2D eigenvalue weighted by Gasteiger charge is -2.19. The van der Waals surface area contributed by atoms with Gasteiger partial charge in [0, 0.05) is 20.0 Å². The fraction of sp³-hybridized carbons (Fsp3) is 0.792. The highest BCUT2D eigenvalue weighted by Crippen LogP contribution is 2.42. The Hall–Kier alpha value is -1.99. The van der Waals surface area contributed by atoms with Crippen LogP contribution in [0.1, 0.15) is 219 Å². The first kappa shape index (κ1) is 55.0. The molecule has 0 aliphatic carbocycles. The minimum absolute atomic E-state index is 0.227. The van der Waals surface area contributed by atoms with E-state index < -0.39 is 26.5 Å². The van der Waals surface area contributed by atoms with Gasteiger partial charge in [-0.15, -0.1) is 0 Å². The molecule has 57 heavy (non-hydrogen) atoms. The van der Waals surface area contributed by atoms with Crippen LogP contribution in [0.5, 0.6) is 0 Å². The molecule has 0 radical (unpaired) electrons. The van der Waals surface area contributed by atoms with Crippen molar-refractivity contribution >= 4 is 19.8 Å². The van der Waals surface area contributed by atoms with Crippen LogP contribution in [0.4, 0.5) is 0 Å². The number of unbranched alkanes of at least 4 members (excludes halogenated alkanes) is 24. The van der Waals surface area contributed by atoms with Gasteiger partial charge in [0.15, 0.2) is 6.10 Å². The lowest BCUT2D eigenvalue weighted by molar-refractivity contribution is -0.161. The van der Waals surface area contributed by atoms with Crippen LogP contribution in [0.15, 0.2) is 48.6 Å². The van der Waals surface area contributed by atoms with Crippen molar-refractivity contribution in [2.75, 3.05) is 20.3 Å². The molecule has 0 bridgehead atoms. The number of hydrogen-bond donors (Lipinski definition) is 1. The fourth-order valence-corrected chi connectivity index (χ4v) is 6.99. The first-order chi connectivity index (χ1) is 27.8.